The highest BCUT2D eigenvalue weighted by molar-refractivity contribution is 8.00. The molecule has 4 aromatic rings. The number of methoxy groups -OCH3 is 1. The van der Waals surface area contributed by atoms with Crippen molar-refractivity contribution in [2.75, 3.05) is 17.8 Å². The van der Waals surface area contributed by atoms with Crippen molar-refractivity contribution in [3.63, 3.8) is 0 Å². The molecule has 5 nitrogen and oxygen atoms in total. The van der Waals surface area contributed by atoms with E-state index >= 15 is 0 Å². The quantitative estimate of drug-likeness (QED) is 0.309. The topological polar surface area (TPSA) is 55.6 Å². The Bertz CT molecular complexity index is 1120. The molecule has 0 aliphatic heterocycles. The van der Waals surface area contributed by atoms with E-state index in [1.54, 1.807) is 18.3 Å². The van der Waals surface area contributed by atoms with Gasteiger partial charge in [-0.15, -0.1) is 11.8 Å². The van der Waals surface area contributed by atoms with Crippen LogP contribution in [0.2, 0.25) is 5.02 Å². The standard InChI is InChI=1S/C22H19ClN2O3S2/c1-14-5-10-18(23)21-20(14)24-22(30-21)25(12-16-4-3-11-28-16)19(26)13-29-17-8-6-15(27-2)7-9-17/h3-11H,12-13H2,1-2H3. The Morgan fingerprint density at radius 2 is 2.03 bits per heavy atom. The van der Waals surface area contributed by atoms with Crippen molar-refractivity contribution in [2.24, 2.45) is 0 Å². The van der Waals surface area contributed by atoms with Gasteiger partial charge in [0.1, 0.15) is 11.5 Å². The average molecular weight is 459 g/mol. The first-order valence-electron chi connectivity index (χ1n) is 9.20. The summed E-state index contributed by atoms with van der Waals surface area (Å²) in [5, 5.41) is 1.25. The molecule has 0 N–H and O–H groups in total. The maximum absolute atomic E-state index is 13.2. The molecule has 0 saturated carbocycles. The van der Waals surface area contributed by atoms with E-state index in [0.717, 1.165) is 26.4 Å². The smallest absolute Gasteiger partial charge is 0.239 e. The number of aromatic nitrogens is 1. The maximum atomic E-state index is 13.2. The third kappa shape index (κ3) is 4.48. The van der Waals surface area contributed by atoms with Crippen molar-refractivity contribution < 1.29 is 13.9 Å². The molecule has 1 amide bonds. The number of rotatable bonds is 7. The minimum atomic E-state index is -0.0555. The van der Waals surface area contributed by atoms with Crippen molar-refractivity contribution in [2.45, 2.75) is 18.4 Å². The molecular formula is C22H19ClN2O3S2. The second-order valence-corrected chi connectivity index (χ2v) is 9.00. The Morgan fingerprint density at radius 1 is 1.23 bits per heavy atom. The minimum Gasteiger partial charge on any atom is -0.497 e. The molecule has 0 saturated heterocycles. The van der Waals surface area contributed by atoms with E-state index in [1.807, 2.05) is 55.5 Å². The molecule has 0 aliphatic carbocycles. The fraction of sp³-hybridized carbons (Fsp3) is 0.182. The molecule has 30 heavy (non-hydrogen) atoms. The molecule has 0 radical (unpaired) electrons. The fourth-order valence-corrected chi connectivity index (χ4v) is 5.03. The second kappa shape index (κ2) is 9.12. The lowest BCUT2D eigenvalue weighted by atomic mass is 10.2. The molecule has 0 spiro atoms. The summed E-state index contributed by atoms with van der Waals surface area (Å²) in [5.74, 6) is 1.70. The first-order valence-corrected chi connectivity index (χ1v) is 11.4. The first kappa shape index (κ1) is 20.8. The number of halogens is 1. The van der Waals surface area contributed by atoms with Crippen molar-refractivity contribution in [1.82, 2.24) is 4.98 Å². The van der Waals surface area contributed by atoms with Crippen LogP contribution in [-0.2, 0) is 11.3 Å². The SMILES string of the molecule is COc1ccc(SCC(=O)N(Cc2ccco2)c2nc3c(C)ccc(Cl)c3s2)cc1. The molecule has 8 heteroatoms. The number of carbonyl (C=O) groups is 1. The van der Waals surface area contributed by atoms with Crippen molar-refractivity contribution in [1.29, 1.82) is 0 Å². The number of thiazole rings is 1. The number of furan rings is 1. The number of hydrogen-bond acceptors (Lipinski definition) is 6. The number of carbonyl (C=O) groups excluding carboxylic acids is 1. The van der Waals surface area contributed by atoms with Crippen molar-refractivity contribution in [3.05, 3.63) is 71.1 Å². The van der Waals surface area contributed by atoms with Gasteiger partial charge >= 0.3 is 0 Å². The highest BCUT2D eigenvalue weighted by atomic mass is 35.5. The highest BCUT2D eigenvalue weighted by Crippen LogP contribution is 2.36. The van der Waals surface area contributed by atoms with Gasteiger partial charge in [0.05, 0.1) is 40.9 Å². The molecule has 2 aromatic heterocycles. The summed E-state index contributed by atoms with van der Waals surface area (Å²) in [5.41, 5.74) is 1.84. The van der Waals surface area contributed by atoms with Gasteiger partial charge in [0.25, 0.3) is 0 Å². The summed E-state index contributed by atoms with van der Waals surface area (Å²) in [4.78, 5) is 20.6. The van der Waals surface area contributed by atoms with Gasteiger partial charge in [0.2, 0.25) is 5.91 Å². The Hall–Kier alpha value is -2.48. The van der Waals surface area contributed by atoms with Crippen molar-refractivity contribution >= 4 is 56.0 Å². The average Bonchev–Trinajstić information content (AvgIpc) is 3.44. The lowest BCUT2D eigenvalue weighted by Crippen LogP contribution is -2.31. The van der Waals surface area contributed by atoms with Crippen LogP contribution in [0.1, 0.15) is 11.3 Å². The van der Waals surface area contributed by atoms with Gasteiger partial charge in [-0.25, -0.2) is 4.98 Å². The number of ether oxygens (including phenoxy) is 1. The Labute approximate surface area is 187 Å². The predicted octanol–water partition coefficient (Wildman–Crippen LogP) is 6.19. The second-order valence-electron chi connectivity index (χ2n) is 6.56. The van der Waals surface area contributed by atoms with Crippen LogP contribution < -0.4 is 9.64 Å². The molecule has 0 fully saturated rings. The molecule has 0 aliphatic rings. The number of benzene rings is 2. The number of thioether (sulfide) groups is 1. The van der Waals surface area contributed by atoms with Crippen molar-refractivity contribution in [3.8, 4) is 5.75 Å². The van der Waals surface area contributed by atoms with Gasteiger partial charge in [0, 0.05) is 4.90 Å². The van der Waals surface area contributed by atoms with Crippen LogP contribution in [0.5, 0.6) is 5.75 Å². The fourth-order valence-electron chi connectivity index (χ4n) is 2.92. The molecule has 0 bridgehead atoms. The van der Waals surface area contributed by atoms with Gasteiger partial charge in [-0.2, -0.15) is 0 Å². The number of fused-ring (bicyclic) bond motifs is 1. The van der Waals surface area contributed by atoms with E-state index in [9.17, 15) is 4.79 Å². The van der Waals surface area contributed by atoms with Crippen LogP contribution in [0, 0.1) is 6.92 Å². The lowest BCUT2D eigenvalue weighted by Gasteiger charge is -2.18. The first-order chi connectivity index (χ1) is 14.5. The van der Waals surface area contributed by atoms with Crippen LogP contribution in [-0.4, -0.2) is 23.8 Å². The minimum absolute atomic E-state index is 0.0555. The van der Waals surface area contributed by atoms with E-state index in [-0.39, 0.29) is 11.7 Å². The molecule has 0 atom stereocenters. The summed E-state index contributed by atoms with van der Waals surface area (Å²) in [7, 11) is 1.63. The Balaban J connectivity index is 1.60. The number of aryl methyl sites for hydroxylation is 1. The normalized spacial score (nSPS) is 11.0. The monoisotopic (exact) mass is 458 g/mol. The summed E-state index contributed by atoms with van der Waals surface area (Å²) in [6, 6.07) is 15.1. The number of nitrogens with zero attached hydrogens (tertiary/aromatic N) is 2. The zero-order chi connectivity index (χ0) is 21.1. The Morgan fingerprint density at radius 3 is 2.70 bits per heavy atom. The summed E-state index contributed by atoms with van der Waals surface area (Å²) < 4.78 is 11.5. The predicted molar refractivity (Wildman–Crippen MR) is 123 cm³/mol. The van der Waals surface area contributed by atoms with Gasteiger partial charge < -0.3 is 9.15 Å². The van der Waals surface area contributed by atoms with E-state index < -0.39 is 0 Å². The van der Waals surface area contributed by atoms with E-state index in [0.29, 0.717) is 22.5 Å². The molecule has 154 valence electrons. The molecule has 2 aromatic carbocycles. The third-order valence-electron chi connectivity index (χ3n) is 4.53. The summed E-state index contributed by atoms with van der Waals surface area (Å²) >= 11 is 9.26. The molecule has 2 heterocycles. The molecule has 4 rings (SSSR count). The summed E-state index contributed by atoms with van der Waals surface area (Å²) in [6.45, 7) is 2.30. The zero-order valence-corrected chi connectivity index (χ0v) is 18.8. The summed E-state index contributed by atoms with van der Waals surface area (Å²) in [6.07, 6.45) is 1.60. The van der Waals surface area contributed by atoms with Crippen LogP contribution >= 0.6 is 34.7 Å². The zero-order valence-electron chi connectivity index (χ0n) is 16.4. The van der Waals surface area contributed by atoms with Gasteiger partial charge in [0.15, 0.2) is 5.13 Å². The lowest BCUT2D eigenvalue weighted by molar-refractivity contribution is -0.116. The number of amides is 1. The van der Waals surface area contributed by atoms with E-state index in [2.05, 4.69) is 0 Å². The van der Waals surface area contributed by atoms with E-state index in [1.165, 1.54) is 23.1 Å². The molecular weight excluding hydrogens is 440 g/mol. The molecule has 0 unspecified atom stereocenters. The van der Waals surface area contributed by atoms with Crippen LogP contribution in [0.25, 0.3) is 10.2 Å². The largest absolute Gasteiger partial charge is 0.497 e. The van der Waals surface area contributed by atoms with Crippen LogP contribution in [0.3, 0.4) is 0 Å². The van der Waals surface area contributed by atoms with Gasteiger partial charge in [-0.05, 0) is 55.0 Å². The van der Waals surface area contributed by atoms with E-state index in [4.69, 9.17) is 25.7 Å². The van der Waals surface area contributed by atoms with Gasteiger partial charge in [-0.3, -0.25) is 9.69 Å². The van der Waals surface area contributed by atoms with Crippen LogP contribution in [0.15, 0.2) is 64.1 Å². The number of anilines is 1. The maximum Gasteiger partial charge on any atom is 0.239 e. The highest BCUT2D eigenvalue weighted by Gasteiger charge is 2.22. The third-order valence-corrected chi connectivity index (χ3v) is 7.07. The van der Waals surface area contributed by atoms with Gasteiger partial charge in [-0.1, -0.05) is 29.0 Å². The Kier molecular flexibility index (Phi) is 6.32. The van der Waals surface area contributed by atoms with Crippen LogP contribution in [0.4, 0.5) is 5.13 Å². The number of hydrogen-bond donors (Lipinski definition) is 0.